The molecular formula is C15H18F3N3O4. The van der Waals surface area contributed by atoms with Gasteiger partial charge >= 0.3 is 6.18 Å². The first-order valence-electron chi connectivity index (χ1n) is 7.37. The maximum atomic E-state index is 12.1. The molecule has 0 saturated carbocycles. The molecule has 0 bridgehead atoms. The molecule has 0 aromatic carbocycles. The Morgan fingerprint density at radius 1 is 1.40 bits per heavy atom. The van der Waals surface area contributed by atoms with Gasteiger partial charge in [0, 0.05) is 6.08 Å². The zero-order valence-corrected chi connectivity index (χ0v) is 13.2. The lowest BCUT2D eigenvalue weighted by Crippen LogP contribution is -2.32. The molecule has 138 valence electrons. The van der Waals surface area contributed by atoms with E-state index >= 15 is 0 Å². The van der Waals surface area contributed by atoms with E-state index in [1.54, 1.807) is 0 Å². The van der Waals surface area contributed by atoms with E-state index in [0.717, 1.165) is 6.20 Å². The van der Waals surface area contributed by atoms with Crippen LogP contribution in [0.4, 0.5) is 13.2 Å². The first-order chi connectivity index (χ1) is 11.8. The number of hydrogen-bond donors (Lipinski definition) is 2. The van der Waals surface area contributed by atoms with Crippen molar-refractivity contribution in [2.24, 2.45) is 5.73 Å². The molecule has 1 aliphatic rings. The number of nitrogens with two attached hydrogens (primary N) is 1. The van der Waals surface area contributed by atoms with Crippen molar-refractivity contribution >= 4 is 5.71 Å². The van der Waals surface area contributed by atoms with Gasteiger partial charge in [-0.05, 0) is 12.1 Å². The molecule has 0 aliphatic carbocycles. The van der Waals surface area contributed by atoms with Gasteiger partial charge < -0.3 is 24.7 Å². The Balaban J connectivity index is 1.84. The smallest absolute Gasteiger partial charge is 0.422 e. The van der Waals surface area contributed by atoms with Crippen molar-refractivity contribution in [2.45, 2.75) is 12.3 Å². The highest BCUT2D eigenvalue weighted by molar-refractivity contribution is 6.05. The van der Waals surface area contributed by atoms with Crippen molar-refractivity contribution in [3.8, 4) is 5.75 Å². The van der Waals surface area contributed by atoms with Crippen LogP contribution in [0.5, 0.6) is 5.75 Å². The minimum atomic E-state index is -4.42. The molecule has 2 rings (SSSR count). The Labute approximate surface area is 142 Å². The Morgan fingerprint density at radius 3 is 2.80 bits per heavy atom. The van der Waals surface area contributed by atoms with Crippen LogP contribution < -0.4 is 10.5 Å². The van der Waals surface area contributed by atoms with E-state index in [1.165, 1.54) is 18.2 Å². The van der Waals surface area contributed by atoms with Gasteiger partial charge in [-0.1, -0.05) is 0 Å². The van der Waals surface area contributed by atoms with Crippen LogP contribution in [0.2, 0.25) is 0 Å². The summed E-state index contributed by atoms with van der Waals surface area (Å²) >= 11 is 0. The maximum absolute atomic E-state index is 12.1. The second-order valence-electron chi connectivity index (χ2n) is 5.12. The van der Waals surface area contributed by atoms with Gasteiger partial charge in [0.05, 0.1) is 37.4 Å². The lowest BCUT2D eigenvalue weighted by molar-refractivity contribution is -0.153. The quantitative estimate of drug-likeness (QED) is 0.566. The average molecular weight is 361 g/mol. The SMILES string of the molecule is N=C(/C=C(\N)OCC1COCCO1)c1ccc(OCC(F)(F)F)cn1. The van der Waals surface area contributed by atoms with E-state index in [0.29, 0.717) is 19.8 Å². The number of halogens is 3. The third kappa shape index (κ3) is 6.98. The number of nitrogens with zero attached hydrogens (tertiary/aromatic N) is 1. The van der Waals surface area contributed by atoms with Gasteiger partial charge in [0.2, 0.25) is 0 Å². The largest absolute Gasteiger partial charge is 0.483 e. The highest BCUT2D eigenvalue weighted by Crippen LogP contribution is 2.18. The van der Waals surface area contributed by atoms with E-state index in [9.17, 15) is 13.2 Å². The molecule has 0 spiro atoms. The fourth-order valence-electron chi connectivity index (χ4n) is 1.87. The van der Waals surface area contributed by atoms with Crippen molar-refractivity contribution in [3.05, 3.63) is 36.0 Å². The predicted octanol–water partition coefficient (Wildman–Crippen LogP) is 1.62. The van der Waals surface area contributed by atoms with Gasteiger partial charge in [0.15, 0.2) is 12.5 Å². The molecule has 1 aromatic heterocycles. The molecule has 10 heteroatoms. The maximum Gasteiger partial charge on any atom is 0.422 e. The summed E-state index contributed by atoms with van der Waals surface area (Å²) in [6.07, 6.45) is -2.29. The van der Waals surface area contributed by atoms with E-state index in [2.05, 4.69) is 9.72 Å². The molecular weight excluding hydrogens is 343 g/mol. The first-order valence-corrected chi connectivity index (χ1v) is 7.37. The van der Waals surface area contributed by atoms with Crippen LogP contribution in [0.25, 0.3) is 0 Å². The van der Waals surface area contributed by atoms with Gasteiger partial charge in [0.1, 0.15) is 18.5 Å². The highest BCUT2D eigenvalue weighted by atomic mass is 19.4. The van der Waals surface area contributed by atoms with E-state index in [-0.39, 0.29) is 35.7 Å². The highest BCUT2D eigenvalue weighted by Gasteiger charge is 2.28. The zero-order valence-electron chi connectivity index (χ0n) is 13.2. The summed E-state index contributed by atoms with van der Waals surface area (Å²) in [4.78, 5) is 3.87. The number of nitrogens with one attached hydrogen (secondary N) is 1. The van der Waals surface area contributed by atoms with Crippen LogP contribution in [0.15, 0.2) is 30.3 Å². The van der Waals surface area contributed by atoms with Crippen LogP contribution in [0, 0.1) is 5.41 Å². The van der Waals surface area contributed by atoms with Gasteiger partial charge in [0.25, 0.3) is 0 Å². The second kappa shape index (κ2) is 8.67. The van der Waals surface area contributed by atoms with Crippen molar-refractivity contribution in [2.75, 3.05) is 33.0 Å². The number of allylic oxidation sites excluding steroid dienone is 1. The second-order valence-corrected chi connectivity index (χ2v) is 5.12. The van der Waals surface area contributed by atoms with Crippen LogP contribution >= 0.6 is 0 Å². The third-order valence-electron chi connectivity index (χ3n) is 3.02. The number of rotatable bonds is 7. The minimum Gasteiger partial charge on any atom is -0.483 e. The van der Waals surface area contributed by atoms with Crippen molar-refractivity contribution in [1.82, 2.24) is 4.98 Å². The monoisotopic (exact) mass is 361 g/mol. The summed E-state index contributed by atoms with van der Waals surface area (Å²) < 4.78 is 56.6. The molecule has 3 N–H and O–H groups in total. The summed E-state index contributed by atoms with van der Waals surface area (Å²) in [6, 6.07) is 2.65. The number of hydrogen-bond acceptors (Lipinski definition) is 7. The number of alkyl halides is 3. The van der Waals surface area contributed by atoms with Crippen LogP contribution in [-0.4, -0.2) is 56.0 Å². The molecule has 2 heterocycles. The molecule has 1 aromatic rings. The Kier molecular flexibility index (Phi) is 6.59. The minimum absolute atomic E-state index is 0.00151. The van der Waals surface area contributed by atoms with E-state index in [4.69, 9.17) is 25.4 Å². The van der Waals surface area contributed by atoms with Crippen LogP contribution in [0.3, 0.4) is 0 Å². The van der Waals surface area contributed by atoms with E-state index in [1.807, 2.05) is 0 Å². The lowest BCUT2D eigenvalue weighted by Gasteiger charge is -2.22. The number of pyridine rings is 1. The van der Waals surface area contributed by atoms with Crippen molar-refractivity contribution in [1.29, 1.82) is 5.41 Å². The summed E-state index contributed by atoms with van der Waals surface area (Å²) in [6.45, 7) is 0.221. The Bertz CT molecular complexity index is 599. The average Bonchev–Trinajstić information content (AvgIpc) is 2.59. The van der Waals surface area contributed by atoms with Crippen molar-refractivity contribution in [3.63, 3.8) is 0 Å². The van der Waals surface area contributed by atoms with E-state index < -0.39 is 12.8 Å². The number of ether oxygens (including phenoxy) is 4. The standard InChI is InChI=1S/C15H18F3N3O4/c16-15(17,18)9-25-10-1-2-13(21-6-10)12(19)5-14(20)24-8-11-7-22-3-4-23-11/h1-2,5-6,11,19H,3-4,7-9,20H2/b14-5+,19-12?. The summed E-state index contributed by atoms with van der Waals surface area (Å²) in [5, 5.41) is 7.88. The molecule has 7 nitrogen and oxygen atoms in total. The molecule has 25 heavy (non-hydrogen) atoms. The van der Waals surface area contributed by atoms with Gasteiger partial charge in [-0.25, -0.2) is 0 Å². The third-order valence-corrected chi connectivity index (χ3v) is 3.02. The Morgan fingerprint density at radius 2 is 2.20 bits per heavy atom. The Hall–Kier alpha value is -2.33. The van der Waals surface area contributed by atoms with Gasteiger partial charge in [-0.2, -0.15) is 13.2 Å². The molecule has 1 saturated heterocycles. The lowest BCUT2D eigenvalue weighted by atomic mass is 10.2. The zero-order chi connectivity index (χ0) is 18.3. The molecule has 1 fully saturated rings. The molecule has 1 atom stereocenters. The van der Waals surface area contributed by atoms with Crippen LogP contribution in [-0.2, 0) is 14.2 Å². The number of aromatic nitrogens is 1. The first kappa shape index (κ1) is 19.0. The topological polar surface area (TPSA) is 99.7 Å². The molecule has 0 amide bonds. The van der Waals surface area contributed by atoms with Crippen LogP contribution in [0.1, 0.15) is 5.69 Å². The van der Waals surface area contributed by atoms with Gasteiger partial charge in [-0.15, -0.1) is 0 Å². The predicted molar refractivity (Wildman–Crippen MR) is 81.4 cm³/mol. The van der Waals surface area contributed by atoms with Crippen molar-refractivity contribution < 1.29 is 32.1 Å². The summed E-state index contributed by atoms with van der Waals surface area (Å²) in [5.41, 5.74) is 5.84. The fraction of sp³-hybridized carbons (Fsp3) is 0.467. The fourth-order valence-corrected chi connectivity index (χ4v) is 1.87. The molecule has 1 aliphatic heterocycles. The summed E-state index contributed by atoms with van der Waals surface area (Å²) in [7, 11) is 0. The molecule has 0 radical (unpaired) electrons. The summed E-state index contributed by atoms with van der Waals surface area (Å²) in [5.74, 6) is -0.0464. The molecule has 1 unspecified atom stereocenters. The normalized spacial score (nSPS) is 18.7. The van der Waals surface area contributed by atoms with Gasteiger partial charge in [-0.3, -0.25) is 10.4 Å².